The molecule has 2 aliphatic rings. The summed E-state index contributed by atoms with van der Waals surface area (Å²) in [6, 6.07) is 0. The molecule has 2 rings (SSSR count). The molecule has 1 spiro atoms. The Bertz CT molecular complexity index is 138. The second-order valence-corrected chi connectivity index (χ2v) is 6.77. The number of hydrogen-bond acceptors (Lipinski definition) is 0. The van der Waals surface area contributed by atoms with Crippen molar-refractivity contribution < 1.29 is 0 Å². The maximum atomic E-state index is 3.73. The van der Waals surface area contributed by atoms with Crippen LogP contribution in [0.25, 0.3) is 0 Å². The normalized spacial score (nSPS) is 50.7. The second kappa shape index (κ2) is 3.02. The van der Waals surface area contributed by atoms with Gasteiger partial charge < -0.3 is 0 Å². The van der Waals surface area contributed by atoms with Crippen LogP contribution in [-0.2, 0) is 0 Å². The summed E-state index contributed by atoms with van der Waals surface area (Å²) in [4.78, 5) is 1.64. The minimum Gasteiger partial charge on any atom is -0.0890 e. The van der Waals surface area contributed by atoms with E-state index in [1.807, 2.05) is 0 Å². The minimum absolute atomic E-state index is 0.738. The SMILES string of the molecule is BrC1CCC2(CCC(Br)C2)C1. The highest BCUT2D eigenvalue weighted by Crippen LogP contribution is 2.53. The zero-order valence-corrected chi connectivity index (χ0v) is 9.83. The van der Waals surface area contributed by atoms with E-state index >= 15 is 0 Å². The Morgan fingerprint density at radius 2 is 1.36 bits per heavy atom. The molecular weight excluding hydrogens is 268 g/mol. The van der Waals surface area contributed by atoms with Crippen molar-refractivity contribution in [2.45, 2.75) is 48.2 Å². The van der Waals surface area contributed by atoms with Crippen molar-refractivity contribution in [3.8, 4) is 0 Å². The fourth-order valence-electron chi connectivity index (χ4n) is 2.69. The maximum absolute atomic E-state index is 3.73. The Balaban J connectivity index is 2.02. The van der Waals surface area contributed by atoms with E-state index in [2.05, 4.69) is 31.9 Å². The molecule has 0 amide bonds. The van der Waals surface area contributed by atoms with Crippen molar-refractivity contribution in [2.24, 2.45) is 5.41 Å². The fraction of sp³-hybridized carbons (Fsp3) is 1.00. The summed E-state index contributed by atoms with van der Waals surface area (Å²) < 4.78 is 0. The Labute approximate surface area is 85.4 Å². The molecule has 0 saturated heterocycles. The van der Waals surface area contributed by atoms with Gasteiger partial charge in [0.2, 0.25) is 0 Å². The summed E-state index contributed by atoms with van der Waals surface area (Å²) in [6.45, 7) is 0. The van der Waals surface area contributed by atoms with E-state index < -0.39 is 0 Å². The Kier molecular flexibility index (Phi) is 2.35. The van der Waals surface area contributed by atoms with E-state index in [9.17, 15) is 0 Å². The third-order valence-electron chi connectivity index (χ3n) is 3.28. The van der Waals surface area contributed by atoms with Gasteiger partial charge in [0.15, 0.2) is 0 Å². The van der Waals surface area contributed by atoms with Gasteiger partial charge in [0, 0.05) is 9.65 Å². The van der Waals surface area contributed by atoms with E-state index in [-0.39, 0.29) is 0 Å². The molecule has 2 atom stereocenters. The van der Waals surface area contributed by atoms with Gasteiger partial charge in [0.05, 0.1) is 0 Å². The molecular formula is C9H14Br2. The highest BCUT2D eigenvalue weighted by Gasteiger charge is 2.42. The average Bonchev–Trinajstić information content (AvgIpc) is 2.44. The summed E-state index contributed by atoms with van der Waals surface area (Å²) >= 11 is 7.46. The first kappa shape index (κ1) is 8.55. The summed E-state index contributed by atoms with van der Waals surface area (Å²) in [5.74, 6) is 0. The summed E-state index contributed by atoms with van der Waals surface area (Å²) in [6.07, 6.45) is 8.58. The van der Waals surface area contributed by atoms with Gasteiger partial charge in [0.1, 0.15) is 0 Å². The molecule has 2 saturated carbocycles. The van der Waals surface area contributed by atoms with Crippen LogP contribution in [0.15, 0.2) is 0 Å². The van der Waals surface area contributed by atoms with Gasteiger partial charge in [-0.05, 0) is 43.9 Å². The molecule has 0 nitrogen and oxygen atoms in total. The quantitative estimate of drug-likeness (QED) is 0.592. The van der Waals surface area contributed by atoms with Gasteiger partial charge in [-0.1, -0.05) is 31.9 Å². The van der Waals surface area contributed by atoms with Gasteiger partial charge in [-0.3, -0.25) is 0 Å². The molecule has 0 aromatic carbocycles. The van der Waals surface area contributed by atoms with Crippen LogP contribution in [0.4, 0.5) is 0 Å². The average molecular weight is 282 g/mol. The highest BCUT2D eigenvalue weighted by atomic mass is 79.9. The van der Waals surface area contributed by atoms with Crippen molar-refractivity contribution >= 4 is 31.9 Å². The van der Waals surface area contributed by atoms with Crippen molar-refractivity contribution in [3.63, 3.8) is 0 Å². The van der Waals surface area contributed by atoms with Crippen molar-refractivity contribution in [1.82, 2.24) is 0 Å². The minimum atomic E-state index is 0.738. The number of hydrogen-bond donors (Lipinski definition) is 0. The lowest BCUT2D eigenvalue weighted by Gasteiger charge is -2.21. The van der Waals surface area contributed by atoms with Gasteiger partial charge in [-0.2, -0.15) is 0 Å². The first-order valence-corrected chi connectivity index (χ1v) is 6.31. The van der Waals surface area contributed by atoms with Crippen LogP contribution in [0.1, 0.15) is 38.5 Å². The molecule has 0 aromatic heterocycles. The van der Waals surface area contributed by atoms with Crippen LogP contribution < -0.4 is 0 Å². The standard InChI is InChI=1S/C9H14Br2/c10-7-1-3-9(5-7)4-2-8(11)6-9/h7-8H,1-6H2. The van der Waals surface area contributed by atoms with E-state index in [4.69, 9.17) is 0 Å². The number of alkyl halides is 2. The smallest absolute Gasteiger partial charge is 0.0151 e. The molecule has 0 aliphatic heterocycles. The topological polar surface area (TPSA) is 0 Å². The van der Waals surface area contributed by atoms with Crippen LogP contribution in [0.5, 0.6) is 0 Å². The molecule has 2 unspecified atom stereocenters. The molecule has 2 fully saturated rings. The van der Waals surface area contributed by atoms with Crippen LogP contribution in [0.3, 0.4) is 0 Å². The van der Waals surface area contributed by atoms with Crippen molar-refractivity contribution in [3.05, 3.63) is 0 Å². The van der Waals surface area contributed by atoms with Crippen molar-refractivity contribution in [2.75, 3.05) is 0 Å². The summed E-state index contributed by atoms with van der Waals surface area (Å²) in [5.41, 5.74) is 0.738. The summed E-state index contributed by atoms with van der Waals surface area (Å²) in [7, 11) is 0. The highest BCUT2D eigenvalue weighted by molar-refractivity contribution is 9.09. The van der Waals surface area contributed by atoms with E-state index in [0.717, 1.165) is 15.1 Å². The predicted octanol–water partition coefficient (Wildman–Crippen LogP) is 3.87. The van der Waals surface area contributed by atoms with E-state index in [1.165, 1.54) is 38.5 Å². The lowest BCUT2D eigenvalue weighted by Crippen LogP contribution is -2.12. The van der Waals surface area contributed by atoms with Crippen molar-refractivity contribution in [1.29, 1.82) is 0 Å². The van der Waals surface area contributed by atoms with E-state index in [1.54, 1.807) is 0 Å². The molecule has 0 radical (unpaired) electrons. The first-order chi connectivity index (χ1) is 5.20. The van der Waals surface area contributed by atoms with Crippen LogP contribution in [-0.4, -0.2) is 9.65 Å². The third kappa shape index (κ3) is 1.67. The number of rotatable bonds is 0. The Morgan fingerprint density at radius 3 is 1.64 bits per heavy atom. The lowest BCUT2D eigenvalue weighted by molar-refractivity contribution is 0.312. The largest absolute Gasteiger partial charge is 0.0890 e. The number of halogens is 2. The van der Waals surface area contributed by atoms with E-state index in [0.29, 0.717) is 0 Å². The molecule has 64 valence electrons. The van der Waals surface area contributed by atoms with Gasteiger partial charge in [-0.15, -0.1) is 0 Å². The molecule has 0 N–H and O–H groups in total. The lowest BCUT2D eigenvalue weighted by atomic mass is 9.85. The maximum Gasteiger partial charge on any atom is 0.0151 e. The van der Waals surface area contributed by atoms with Gasteiger partial charge in [-0.25, -0.2) is 0 Å². The first-order valence-electron chi connectivity index (χ1n) is 4.48. The zero-order chi connectivity index (χ0) is 7.90. The van der Waals surface area contributed by atoms with Crippen LogP contribution in [0, 0.1) is 5.41 Å². The Morgan fingerprint density at radius 1 is 0.909 bits per heavy atom. The molecule has 0 heterocycles. The summed E-state index contributed by atoms with van der Waals surface area (Å²) in [5, 5.41) is 0. The molecule has 11 heavy (non-hydrogen) atoms. The second-order valence-electron chi connectivity index (χ2n) is 4.18. The van der Waals surface area contributed by atoms with Crippen LogP contribution in [0.2, 0.25) is 0 Å². The molecule has 2 aliphatic carbocycles. The molecule has 0 aromatic rings. The monoisotopic (exact) mass is 280 g/mol. The van der Waals surface area contributed by atoms with Gasteiger partial charge in [0.25, 0.3) is 0 Å². The third-order valence-corrected chi connectivity index (χ3v) is 4.85. The zero-order valence-electron chi connectivity index (χ0n) is 6.65. The fourth-order valence-corrected chi connectivity index (χ4v) is 4.52. The van der Waals surface area contributed by atoms with Gasteiger partial charge >= 0.3 is 0 Å². The predicted molar refractivity (Wildman–Crippen MR) is 55.6 cm³/mol. The van der Waals surface area contributed by atoms with Crippen LogP contribution >= 0.6 is 31.9 Å². The molecule has 0 bridgehead atoms. The Hall–Kier alpha value is 0.960. The molecule has 2 heteroatoms.